The second-order valence-corrected chi connectivity index (χ2v) is 6.23. The van der Waals surface area contributed by atoms with Crippen LogP contribution in [-0.2, 0) is 4.74 Å². The number of carbonyl (C=O) groups is 1. The van der Waals surface area contributed by atoms with Crippen LogP contribution in [0.1, 0.15) is 49.4 Å². The maximum Gasteiger partial charge on any atom is 0.425 e. The van der Waals surface area contributed by atoms with Crippen molar-refractivity contribution < 1.29 is 22.7 Å². The first-order valence-corrected chi connectivity index (χ1v) is 8.85. The first-order valence-electron chi connectivity index (χ1n) is 8.85. The van der Waals surface area contributed by atoms with Crippen LogP contribution in [0.25, 0.3) is 11.1 Å². The second-order valence-electron chi connectivity index (χ2n) is 6.23. The zero-order valence-electron chi connectivity index (χ0n) is 14.8. The Morgan fingerprint density at radius 1 is 0.923 bits per heavy atom. The van der Waals surface area contributed by atoms with E-state index in [0.717, 1.165) is 24.0 Å². The number of halogens is 3. The zero-order valence-corrected chi connectivity index (χ0v) is 14.8. The van der Waals surface area contributed by atoms with E-state index in [1.807, 2.05) is 37.3 Å². The molecule has 0 aliphatic carbocycles. The molecule has 2 aromatic rings. The molecule has 0 bridgehead atoms. The van der Waals surface area contributed by atoms with Crippen molar-refractivity contribution in [2.45, 2.75) is 51.3 Å². The third kappa shape index (κ3) is 5.90. The summed E-state index contributed by atoms with van der Waals surface area (Å²) in [4.78, 5) is 12.1. The lowest BCUT2D eigenvalue weighted by molar-refractivity contribution is -0.206. The van der Waals surface area contributed by atoms with Crippen LogP contribution in [0.3, 0.4) is 0 Å². The Hall–Kier alpha value is -2.30. The number of esters is 1. The summed E-state index contributed by atoms with van der Waals surface area (Å²) in [5.74, 6) is -0.942. The molecule has 2 nitrogen and oxygen atoms in total. The van der Waals surface area contributed by atoms with Gasteiger partial charge in [0.15, 0.2) is 6.10 Å². The molecule has 2 rings (SSSR count). The third-order valence-corrected chi connectivity index (χ3v) is 4.16. The minimum Gasteiger partial charge on any atom is -0.449 e. The largest absolute Gasteiger partial charge is 0.449 e. The number of hydrogen-bond donors (Lipinski definition) is 0. The Labute approximate surface area is 152 Å². The number of carbonyl (C=O) groups excluding carboxylic acids is 1. The maximum absolute atomic E-state index is 13.1. The highest BCUT2D eigenvalue weighted by atomic mass is 19.4. The van der Waals surface area contributed by atoms with Gasteiger partial charge in [-0.3, -0.25) is 0 Å². The molecule has 0 fully saturated rings. The van der Waals surface area contributed by atoms with E-state index in [1.165, 1.54) is 12.1 Å². The van der Waals surface area contributed by atoms with Crippen LogP contribution >= 0.6 is 0 Å². The predicted molar refractivity (Wildman–Crippen MR) is 95.9 cm³/mol. The maximum atomic E-state index is 13.1. The van der Waals surface area contributed by atoms with Crippen molar-refractivity contribution in [3.05, 3.63) is 60.2 Å². The van der Waals surface area contributed by atoms with Crippen molar-refractivity contribution in [2.24, 2.45) is 0 Å². The summed E-state index contributed by atoms with van der Waals surface area (Å²) in [6.45, 7) is 1.99. The summed E-state index contributed by atoms with van der Waals surface area (Å²) >= 11 is 0. The molecule has 140 valence electrons. The summed E-state index contributed by atoms with van der Waals surface area (Å²) in [6.07, 6.45) is -3.90. The van der Waals surface area contributed by atoms with E-state index in [4.69, 9.17) is 4.74 Å². The Morgan fingerprint density at radius 2 is 1.54 bits per heavy atom. The predicted octanol–water partition coefficient (Wildman–Crippen LogP) is 6.41. The zero-order chi connectivity index (χ0) is 19.0. The molecule has 2 aromatic carbocycles. The van der Waals surface area contributed by atoms with Gasteiger partial charge < -0.3 is 4.74 Å². The van der Waals surface area contributed by atoms with E-state index in [9.17, 15) is 18.0 Å². The van der Waals surface area contributed by atoms with E-state index in [1.54, 1.807) is 12.1 Å². The highest BCUT2D eigenvalue weighted by Gasteiger charge is 2.42. The van der Waals surface area contributed by atoms with Gasteiger partial charge in [-0.05, 0) is 36.1 Å². The van der Waals surface area contributed by atoms with Crippen LogP contribution in [0.4, 0.5) is 13.2 Å². The van der Waals surface area contributed by atoms with Gasteiger partial charge in [0.2, 0.25) is 0 Å². The molecule has 0 heterocycles. The van der Waals surface area contributed by atoms with Gasteiger partial charge in [0.25, 0.3) is 0 Å². The standard InChI is InChI=1S/C21H23F3O2/c1-2-3-4-8-11-19(21(22,23)24)26-20(25)18-14-12-17(13-15-18)16-9-6-5-7-10-16/h5-7,9-10,12-15,19H,2-4,8,11H2,1H3/t19-/m0/s1. The fraction of sp³-hybridized carbons (Fsp3) is 0.381. The summed E-state index contributed by atoms with van der Waals surface area (Å²) in [7, 11) is 0. The number of alkyl halides is 3. The average molecular weight is 364 g/mol. The highest BCUT2D eigenvalue weighted by molar-refractivity contribution is 5.90. The first-order chi connectivity index (χ1) is 12.4. The van der Waals surface area contributed by atoms with Crippen LogP contribution in [-0.4, -0.2) is 18.2 Å². The van der Waals surface area contributed by atoms with Crippen LogP contribution < -0.4 is 0 Å². The fourth-order valence-electron chi connectivity index (χ4n) is 2.67. The smallest absolute Gasteiger partial charge is 0.425 e. The van der Waals surface area contributed by atoms with Gasteiger partial charge in [-0.15, -0.1) is 0 Å². The molecule has 0 spiro atoms. The summed E-state index contributed by atoms with van der Waals surface area (Å²) < 4.78 is 44.1. The number of ether oxygens (including phenoxy) is 1. The van der Waals surface area contributed by atoms with Crippen molar-refractivity contribution in [2.75, 3.05) is 0 Å². The van der Waals surface area contributed by atoms with E-state index in [2.05, 4.69) is 0 Å². The molecular weight excluding hydrogens is 341 g/mol. The Bertz CT molecular complexity index is 679. The minimum atomic E-state index is -4.55. The molecule has 0 amide bonds. The van der Waals surface area contributed by atoms with Gasteiger partial charge in [0, 0.05) is 0 Å². The van der Waals surface area contributed by atoms with E-state index < -0.39 is 18.2 Å². The van der Waals surface area contributed by atoms with Crippen molar-refractivity contribution in [1.29, 1.82) is 0 Å². The Balaban J connectivity index is 2.02. The molecule has 0 saturated carbocycles. The third-order valence-electron chi connectivity index (χ3n) is 4.16. The van der Waals surface area contributed by atoms with Crippen LogP contribution in [0, 0.1) is 0 Å². The lowest BCUT2D eigenvalue weighted by Crippen LogP contribution is -2.33. The molecule has 0 aromatic heterocycles. The first kappa shape index (κ1) is 20.0. The summed E-state index contributed by atoms with van der Waals surface area (Å²) in [5, 5.41) is 0. The van der Waals surface area contributed by atoms with E-state index in [0.29, 0.717) is 12.8 Å². The van der Waals surface area contributed by atoms with Crippen LogP contribution in [0.5, 0.6) is 0 Å². The molecule has 26 heavy (non-hydrogen) atoms. The summed E-state index contributed by atoms with van der Waals surface area (Å²) in [5.41, 5.74) is 1.97. The number of unbranched alkanes of at least 4 members (excludes halogenated alkanes) is 3. The van der Waals surface area contributed by atoms with Crippen molar-refractivity contribution in [1.82, 2.24) is 0 Å². The van der Waals surface area contributed by atoms with Crippen LogP contribution in [0.15, 0.2) is 54.6 Å². The fourth-order valence-corrected chi connectivity index (χ4v) is 2.67. The van der Waals surface area contributed by atoms with Gasteiger partial charge in [-0.25, -0.2) is 4.79 Å². The minimum absolute atomic E-state index is 0.118. The Kier molecular flexibility index (Phi) is 7.25. The molecule has 0 aliphatic rings. The number of hydrogen-bond acceptors (Lipinski definition) is 2. The molecule has 5 heteroatoms. The van der Waals surface area contributed by atoms with Crippen LogP contribution in [0.2, 0.25) is 0 Å². The van der Waals surface area contributed by atoms with Gasteiger partial charge >= 0.3 is 12.1 Å². The monoisotopic (exact) mass is 364 g/mol. The SMILES string of the molecule is CCCCCC[C@H](OC(=O)c1ccc(-c2ccccc2)cc1)C(F)(F)F. The molecule has 0 N–H and O–H groups in total. The molecule has 0 unspecified atom stereocenters. The summed E-state index contributed by atoms with van der Waals surface area (Å²) in [6, 6.07) is 15.9. The van der Waals surface area contributed by atoms with Gasteiger partial charge in [0.05, 0.1) is 5.56 Å². The topological polar surface area (TPSA) is 26.3 Å². The molecule has 0 aliphatic heterocycles. The lowest BCUT2D eigenvalue weighted by atomic mass is 10.0. The lowest BCUT2D eigenvalue weighted by Gasteiger charge is -2.20. The van der Waals surface area contributed by atoms with Crippen molar-refractivity contribution in [3.63, 3.8) is 0 Å². The van der Waals surface area contributed by atoms with Gasteiger partial charge in [0.1, 0.15) is 0 Å². The van der Waals surface area contributed by atoms with Crippen molar-refractivity contribution in [3.8, 4) is 11.1 Å². The molecular formula is C21H23F3O2. The molecule has 0 radical (unpaired) electrons. The normalized spacial score (nSPS) is 12.6. The number of benzene rings is 2. The quantitative estimate of drug-likeness (QED) is 0.399. The average Bonchev–Trinajstić information content (AvgIpc) is 2.64. The van der Waals surface area contributed by atoms with Gasteiger partial charge in [-0.1, -0.05) is 68.7 Å². The van der Waals surface area contributed by atoms with Crippen molar-refractivity contribution >= 4 is 5.97 Å². The second kappa shape index (κ2) is 9.41. The van der Waals surface area contributed by atoms with E-state index in [-0.39, 0.29) is 12.0 Å². The molecule has 0 saturated heterocycles. The molecule has 1 atom stereocenters. The Morgan fingerprint density at radius 3 is 2.12 bits per heavy atom. The van der Waals surface area contributed by atoms with Gasteiger partial charge in [-0.2, -0.15) is 13.2 Å². The highest BCUT2D eigenvalue weighted by Crippen LogP contribution is 2.28. The number of rotatable bonds is 8. The van der Waals surface area contributed by atoms with E-state index >= 15 is 0 Å².